The summed E-state index contributed by atoms with van der Waals surface area (Å²) in [4.78, 5) is 152. The lowest BCUT2D eigenvalue weighted by atomic mass is 9.95. The zero-order valence-corrected chi connectivity index (χ0v) is 51.7. The van der Waals surface area contributed by atoms with Crippen LogP contribution in [-0.4, -0.2) is 230 Å². The molecule has 1 fully saturated rings. The third-order valence-electron chi connectivity index (χ3n) is 14.8. The topological polar surface area (TPSA) is 451 Å². The van der Waals surface area contributed by atoms with Gasteiger partial charge in [-0.2, -0.15) is 0 Å². The third kappa shape index (κ3) is 28.5. The summed E-state index contributed by atoms with van der Waals surface area (Å²) < 4.78 is 0. The first-order valence-corrected chi connectivity index (χ1v) is 30.2. The van der Waals surface area contributed by atoms with E-state index in [1.54, 1.807) is 28.9 Å². The number of phenolic OH excluding ortho intramolecular Hbond substituents is 1. The van der Waals surface area contributed by atoms with E-state index >= 15 is 0 Å². The van der Waals surface area contributed by atoms with Crippen molar-refractivity contribution < 1.29 is 73.2 Å². The molecule has 30 heteroatoms. The number of benzene rings is 3. The Balaban J connectivity index is 1.35. The van der Waals surface area contributed by atoms with Crippen LogP contribution in [-0.2, 0) is 65.6 Å². The maximum atomic E-state index is 14.9. The van der Waals surface area contributed by atoms with E-state index in [1.807, 2.05) is 42.5 Å². The van der Waals surface area contributed by atoms with Gasteiger partial charge >= 0.3 is 17.9 Å². The Labute approximate surface area is 528 Å². The average Bonchev–Trinajstić information content (AvgIpc) is 0.873. The number of aliphatic imine (C=N–C) groups is 1. The van der Waals surface area contributed by atoms with Gasteiger partial charge in [0.15, 0.2) is 17.9 Å². The molecule has 498 valence electrons. The quantitative estimate of drug-likeness (QED) is 0.00949. The predicted molar refractivity (Wildman–Crippen MR) is 337 cm³/mol. The van der Waals surface area contributed by atoms with Gasteiger partial charge in [0.05, 0.1) is 38.8 Å². The Kier molecular flexibility index (Phi) is 32.5. The molecule has 4 rings (SSSR count). The molecular weight excluding hydrogens is 1180 g/mol. The number of aromatic hydroxyl groups is 1. The normalized spacial score (nSPS) is 17.2. The Morgan fingerprint density at radius 3 is 1.85 bits per heavy atom. The molecule has 0 aliphatic carbocycles. The predicted octanol–water partition coefficient (Wildman–Crippen LogP) is -2.18. The average molecular weight is 1270 g/mol. The van der Waals surface area contributed by atoms with Crippen molar-refractivity contribution in [3.05, 3.63) is 89.1 Å². The van der Waals surface area contributed by atoms with Crippen LogP contribution in [0.1, 0.15) is 75.8 Å². The van der Waals surface area contributed by atoms with Crippen LogP contribution in [0.2, 0.25) is 0 Å². The van der Waals surface area contributed by atoms with E-state index in [-0.39, 0.29) is 165 Å². The summed E-state index contributed by atoms with van der Waals surface area (Å²) in [5.74, 6) is -7.44. The summed E-state index contributed by atoms with van der Waals surface area (Å²) >= 11 is 0. The first-order valence-electron chi connectivity index (χ1n) is 30.2. The van der Waals surface area contributed by atoms with Crippen LogP contribution in [0.15, 0.2) is 83.0 Å². The summed E-state index contributed by atoms with van der Waals surface area (Å²) in [6.07, 6.45) is 2.57. The van der Waals surface area contributed by atoms with Crippen molar-refractivity contribution in [2.45, 2.75) is 95.3 Å². The van der Waals surface area contributed by atoms with E-state index in [2.05, 4.69) is 52.8 Å². The number of nitrogens with one attached hydrogen (secondary N) is 9. The van der Waals surface area contributed by atoms with Crippen molar-refractivity contribution in [3.8, 4) is 5.75 Å². The number of hydrogen-bond acceptors (Lipinski definition) is 18. The number of rotatable bonds is 39. The number of likely N-dealkylation sites (N-methyl/N-ethyl adjacent to an activating group) is 1. The molecule has 0 radical (unpaired) electrons. The van der Waals surface area contributed by atoms with Gasteiger partial charge in [-0.15, -0.1) is 0 Å². The first kappa shape index (κ1) is 74.4. The highest BCUT2D eigenvalue weighted by Gasteiger charge is 2.43. The summed E-state index contributed by atoms with van der Waals surface area (Å²) in [5.41, 5.74) is 10.5. The fourth-order valence-electron chi connectivity index (χ4n) is 9.89. The van der Waals surface area contributed by atoms with E-state index in [0.717, 1.165) is 10.8 Å². The van der Waals surface area contributed by atoms with Gasteiger partial charge in [0.25, 0.3) is 5.91 Å². The second-order valence-corrected chi connectivity index (χ2v) is 22.1. The maximum Gasteiger partial charge on any atom is 0.317 e. The number of guanidine groups is 1. The van der Waals surface area contributed by atoms with E-state index < -0.39 is 65.8 Å². The van der Waals surface area contributed by atoms with Crippen LogP contribution >= 0.6 is 0 Å². The van der Waals surface area contributed by atoms with Gasteiger partial charge in [-0.25, -0.2) is 0 Å². The smallest absolute Gasteiger partial charge is 0.317 e. The minimum absolute atomic E-state index is 0.0210. The van der Waals surface area contributed by atoms with E-state index in [1.165, 1.54) is 24.1 Å². The van der Waals surface area contributed by atoms with E-state index in [9.17, 15) is 63.0 Å². The second kappa shape index (κ2) is 39.8. The lowest BCUT2D eigenvalue weighted by molar-refractivity contribution is -0.140. The highest BCUT2D eigenvalue weighted by Crippen LogP contribution is 2.24. The molecule has 30 nitrogen and oxygen atoms in total. The highest BCUT2D eigenvalue weighted by molar-refractivity contribution is 6.02. The van der Waals surface area contributed by atoms with Gasteiger partial charge < -0.3 is 79.7 Å². The molecular formula is C61H89N15O15. The van der Waals surface area contributed by atoms with Crippen molar-refractivity contribution >= 4 is 82.3 Å². The number of nitrogens with zero attached hydrogens (tertiary/aromatic N) is 4. The summed E-state index contributed by atoms with van der Waals surface area (Å²) in [7, 11) is 1.45. The Bertz CT molecular complexity index is 3020. The van der Waals surface area contributed by atoms with Gasteiger partial charge in [0.2, 0.25) is 35.4 Å². The van der Waals surface area contributed by atoms with Crippen molar-refractivity contribution in [2.75, 3.05) is 105 Å². The molecule has 91 heavy (non-hydrogen) atoms. The van der Waals surface area contributed by atoms with Gasteiger partial charge in [-0.05, 0) is 98.5 Å². The molecule has 0 bridgehead atoms. The zero-order chi connectivity index (χ0) is 66.7. The minimum atomic E-state index is -1.97. The SMILES string of the molecule is C/C(CCN=C(N)N)=C1/NC(=O)[C@@H](CCCNC(=O)CCCCNC(=O)CCCCNC(=O)CN(CCNCC(=O)O)CCN(CCNCC(=O)O)CC(=O)O)N(C)[C@](C=O)(Cc2ccc(O)cc2)NC(=O)CNC(=O)[C@H](Cc2ccc3ccccc3c2)NC1=O. The Morgan fingerprint density at radius 2 is 1.26 bits per heavy atom. The lowest BCUT2D eigenvalue weighted by Crippen LogP contribution is -2.68. The lowest BCUT2D eigenvalue weighted by Gasteiger charge is -2.42. The molecule has 0 unspecified atom stereocenters. The van der Waals surface area contributed by atoms with Crippen LogP contribution in [0.4, 0.5) is 0 Å². The molecule has 0 spiro atoms. The van der Waals surface area contributed by atoms with E-state index in [0.29, 0.717) is 55.2 Å². The van der Waals surface area contributed by atoms with Crippen LogP contribution < -0.4 is 59.3 Å². The number of aldehydes is 1. The molecule has 1 aliphatic rings. The van der Waals surface area contributed by atoms with Gasteiger partial charge in [0, 0.05) is 91.1 Å². The Morgan fingerprint density at radius 1 is 0.692 bits per heavy atom. The van der Waals surface area contributed by atoms with Crippen molar-refractivity contribution in [2.24, 2.45) is 16.5 Å². The number of aliphatic carboxylic acids is 3. The number of carboxylic acids is 3. The Hall–Kier alpha value is -9.10. The number of carbonyl (C=O) groups is 11. The number of fused-ring (bicyclic) bond motifs is 1. The number of nitrogens with two attached hydrogens (primary N) is 2. The van der Waals surface area contributed by atoms with Crippen LogP contribution in [0.5, 0.6) is 5.75 Å². The number of phenols is 1. The number of carboxylic acid groups (broad SMARTS) is 3. The van der Waals surface area contributed by atoms with Crippen LogP contribution in [0.25, 0.3) is 10.8 Å². The fourth-order valence-corrected chi connectivity index (χ4v) is 9.89. The molecule has 7 amide bonds. The van der Waals surface area contributed by atoms with Crippen molar-refractivity contribution in [1.82, 2.24) is 62.6 Å². The fraction of sp³-hybridized carbons (Fsp3) is 0.508. The molecule has 3 aromatic carbocycles. The molecule has 1 heterocycles. The van der Waals surface area contributed by atoms with Crippen molar-refractivity contribution in [1.29, 1.82) is 0 Å². The highest BCUT2D eigenvalue weighted by atomic mass is 16.4. The zero-order valence-electron chi connectivity index (χ0n) is 51.7. The number of unbranched alkanes of at least 4 members (excludes halogenated alkanes) is 2. The standard InChI is InChI=1S/C61H89N15O15/c1-41(21-25-69-60(62)63)56-59(91)71-47(33-43-15-18-44-10-3-4-11-45(44)32-43)57(89)70-35-51(81)73-61(40-77,34-42-16-19-46(78)20-17-42)74(2)48(58(90)72-56)12-9-24-67-50(80)14-5-7-22-66-49(79)13-6-8-23-68-52(82)38-75(28-26-64-36-53(83)84)30-31-76(39-55(87)88)29-27-65-37-54(85)86/h3-4,10-11,15-20,32,40,47-48,64-65,78H,5-9,12-14,21-31,33-39H2,1-2H3,(H,66,79)(H,67,80)(H,68,82)(H,70,89)(H,71,91)(H,72,90)(H,73,81)(H,83,84)(H,85,86)(H,87,88)(H4,62,63,69)/b56-41-/t47-,48+,61-/m0/s1. The largest absolute Gasteiger partial charge is 0.508 e. The molecule has 3 aromatic rings. The second-order valence-electron chi connectivity index (χ2n) is 22.1. The maximum absolute atomic E-state index is 14.9. The monoisotopic (exact) mass is 1270 g/mol. The first-order chi connectivity index (χ1) is 43.5. The summed E-state index contributed by atoms with van der Waals surface area (Å²) in [6, 6.07) is 16.5. The molecule has 0 aromatic heterocycles. The molecule has 17 N–H and O–H groups in total. The number of carbonyl (C=O) groups excluding carboxylic acids is 8. The molecule has 3 atom stereocenters. The van der Waals surface area contributed by atoms with Crippen LogP contribution in [0.3, 0.4) is 0 Å². The van der Waals surface area contributed by atoms with Gasteiger partial charge in [-0.1, -0.05) is 54.6 Å². The number of hydrogen-bond donors (Lipinski definition) is 15. The molecule has 1 aliphatic heterocycles. The number of amides is 7. The van der Waals surface area contributed by atoms with Gasteiger partial charge in [0.1, 0.15) is 17.5 Å². The van der Waals surface area contributed by atoms with E-state index in [4.69, 9.17) is 21.7 Å². The third-order valence-corrected chi connectivity index (χ3v) is 14.8. The van der Waals surface area contributed by atoms with Gasteiger partial charge in [-0.3, -0.25) is 72.4 Å². The summed E-state index contributed by atoms with van der Waals surface area (Å²) in [5, 5.41) is 64.0. The summed E-state index contributed by atoms with van der Waals surface area (Å²) in [6.45, 7) is 2.14. The van der Waals surface area contributed by atoms with Crippen molar-refractivity contribution in [3.63, 3.8) is 0 Å². The minimum Gasteiger partial charge on any atom is -0.508 e. The van der Waals surface area contributed by atoms with Crippen LogP contribution in [0, 0.1) is 0 Å². The molecule has 0 saturated carbocycles. The molecule has 1 saturated heterocycles.